The van der Waals surface area contributed by atoms with E-state index in [1.165, 1.54) is 6.21 Å². The highest BCUT2D eigenvalue weighted by Gasteiger charge is 1.70. The Kier molecular flexibility index (Phi) is 3.97. The summed E-state index contributed by atoms with van der Waals surface area (Å²) in [6, 6.07) is 0. The van der Waals surface area contributed by atoms with E-state index in [2.05, 4.69) is 10.2 Å². The Bertz CT molecular complexity index is 104. The molecular formula is C3H7ClN4. The fourth-order valence-electron chi connectivity index (χ4n) is 0.138. The van der Waals surface area contributed by atoms with Crippen LogP contribution in [0.1, 0.15) is 0 Å². The molecule has 0 amide bonds. The SMILES string of the molecule is NC(N)=N/N=C/CCl. The maximum absolute atomic E-state index is 5.18. The van der Waals surface area contributed by atoms with Crippen molar-refractivity contribution >= 4 is 23.8 Å². The number of hydrogen-bond donors (Lipinski definition) is 2. The normalized spacial score (nSPS) is 9.62. The van der Waals surface area contributed by atoms with E-state index in [4.69, 9.17) is 23.1 Å². The standard InChI is InChI=1S/C3H7ClN4/c4-1-2-7-8-3(5)6/h2H,1H2,(H4,5,6,8)/b7-2+. The summed E-state index contributed by atoms with van der Waals surface area (Å²) in [6.45, 7) is 0. The van der Waals surface area contributed by atoms with Gasteiger partial charge >= 0.3 is 0 Å². The van der Waals surface area contributed by atoms with Crippen LogP contribution in [0.2, 0.25) is 0 Å². The van der Waals surface area contributed by atoms with Gasteiger partial charge in [-0.3, -0.25) is 0 Å². The van der Waals surface area contributed by atoms with Crippen molar-refractivity contribution in [2.45, 2.75) is 0 Å². The van der Waals surface area contributed by atoms with E-state index in [0.717, 1.165) is 0 Å². The van der Waals surface area contributed by atoms with Crippen LogP contribution in [0.3, 0.4) is 0 Å². The number of alkyl halides is 1. The molecule has 0 radical (unpaired) electrons. The average Bonchev–Trinajstić information content (AvgIpc) is 1.66. The zero-order valence-corrected chi connectivity index (χ0v) is 4.97. The Hall–Kier alpha value is -0.770. The van der Waals surface area contributed by atoms with Gasteiger partial charge in [0.25, 0.3) is 0 Å². The van der Waals surface area contributed by atoms with Crippen LogP contribution in [0.5, 0.6) is 0 Å². The minimum Gasteiger partial charge on any atom is -0.369 e. The molecule has 4 N–H and O–H groups in total. The van der Waals surface area contributed by atoms with Crippen LogP contribution in [0.15, 0.2) is 10.2 Å². The fraction of sp³-hybridized carbons (Fsp3) is 0.333. The van der Waals surface area contributed by atoms with E-state index in [1.54, 1.807) is 0 Å². The second-order valence-corrected chi connectivity index (χ2v) is 1.29. The van der Waals surface area contributed by atoms with Crippen molar-refractivity contribution in [1.29, 1.82) is 0 Å². The van der Waals surface area contributed by atoms with Crippen LogP contribution in [-0.4, -0.2) is 18.1 Å². The summed E-state index contributed by atoms with van der Waals surface area (Å²) in [5, 5.41) is 6.64. The third-order valence-electron chi connectivity index (χ3n) is 0.324. The third-order valence-corrected chi connectivity index (χ3v) is 0.462. The molecule has 5 heteroatoms. The van der Waals surface area contributed by atoms with Crippen LogP contribution in [-0.2, 0) is 0 Å². The Morgan fingerprint density at radius 1 is 1.62 bits per heavy atom. The monoisotopic (exact) mass is 134 g/mol. The van der Waals surface area contributed by atoms with E-state index in [1.807, 2.05) is 0 Å². The van der Waals surface area contributed by atoms with Crippen molar-refractivity contribution < 1.29 is 0 Å². The van der Waals surface area contributed by atoms with Gasteiger partial charge in [-0.15, -0.1) is 16.7 Å². The van der Waals surface area contributed by atoms with Crippen LogP contribution in [0.25, 0.3) is 0 Å². The lowest BCUT2D eigenvalue weighted by molar-refractivity contribution is 1.21. The largest absolute Gasteiger partial charge is 0.369 e. The van der Waals surface area contributed by atoms with Crippen LogP contribution >= 0.6 is 11.6 Å². The minimum atomic E-state index is -0.0635. The second kappa shape index (κ2) is 4.39. The molecule has 0 fully saturated rings. The number of nitrogens with two attached hydrogens (primary N) is 2. The number of hydrogen-bond acceptors (Lipinski definition) is 2. The Labute approximate surface area is 52.2 Å². The summed E-state index contributed by atoms with van der Waals surface area (Å²) in [7, 11) is 0. The van der Waals surface area contributed by atoms with Gasteiger partial charge in [0, 0.05) is 6.21 Å². The van der Waals surface area contributed by atoms with Crippen molar-refractivity contribution in [3.05, 3.63) is 0 Å². The number of rotatable bonds is 2. The highest BCUT2D eigenvalue weighted by Crippen LogP contribution is 1.69. The van der Waals surface area contributed by atoms with Crippen molar-refractivity contribution in [3.8, 4) is 0 Å². The third kappa shape index (κ3) is 5.23. The molecule has 0 aliphatic rings. The Morgan fingerprint density at radius 2 is 2.25 bits per heavy atom. The molecule has 0 aliphatic carbocycles. The molecule has 0 aromatic heterocycles. The fourth-order valence-corrected chi connectivity index (χ4v) is 0.200. The lowest BCUT2D eigenvalue weighted by atomic mass is 10.9. The van der Waals surface area contributed by atoms with E-state index >= 15 is 0 Å². The molecule has 0 unspecified atom stereocenters. The molecule has 0 spiro atoms. The van der Waals surface area contributed by atoms with Crippen molar-refractivity contribution in [3.63, 3.8) is 0 Å². The van der Waals surface area contributed by atoms with Crippen LogP contribution < -0.4 is 11.5 Å². The van der Waals surface area contributed by atoms with Crippen molar-refractivity contribution in [2.75, 3.05) is 5.88 Å². The van der Waals surface area contributed by atoms with Gasteiger partial charge in [0.2, 0.25) is 5.96 Å². The van der Waals surface area contributed by atoms with Gasteiger partial charge in [0.15, 0.2) is 0 Å². The van der Waals surface area contributed by atoms with Crippen molar-refractivity contribution in [2.24, 2.45) is 21.7 Å². The first-order chi connectivity index (χ1) is 3.77. The van der Waals surface area contributed by atoms with Gasteiger partial charge in [-0.05, 0) is 0 Å². The molecule has 0 rings (SSSR count). The predicted molar refractivity (Wildman–Crippen MR) is 35.0 cm³/mol. The quantitative estimate of drug-likeness (QED) is 0.231. The summed E-state index contributed by atoms with van der Waals surface area (Å²) < 4.78 is 0. The van der Waals surface area contributed by atoms with E-state index < -0.39 is 0 Å². The maximum atomic E-state index is 5.18. The average molecular weight is 135 g/mol. The van der Waals surface area contributed by atoms with E-state index in [9.17, 15) is 0 Å². The molecule has 46 valence electrons. The molecule has 0 atom stereocenters. The molecule has 0 heterocycles. The Balaban J connectivity index is 3.42. The minimum absolute atomic E-state index is 0.0635. The number of nitrogens with zero attached hydrogens (tertiary/aromatic N) is 2. The molecule has 0 saturated heterocycles. The van der Waals surface area contributed by atoms with Crippen LogP contribution in [0, 0.1) is 0 Å². The van der Waals surface area contributed by atoms with E-state index in [0.29, 0.717) is 5.88 Å². The van der Waals surface area contributed by atoms with Gasteiger partial charge in [-0.25, -0.2) is 0 Å². The zero-order valence-electron chi connectivity index (χ0n) is 4.21. The molecule has 0 saturated carbocycles. The summed E-state index contributed by atoms with van der Waals surface area (Å²) in [5.41, 5.74) is 9.81. The number of guanidine groups is 1. The van der Waals surface area contributed by atoms with Gasteiger partial charge in [-0.1, -0.05) is 0 Å². The molecule has 0 aliphatic heterocycles. The summed E-state index contributed by atoms with van der Waals surface area (Å²) >= 11 is 5.18. The molecule has 0 bridgehead atoms. The van der Waals surface area contributed by atoms with Gasteiger partial charge in [0.05, 0.1) is 5.88 Å². The van der Waals surface area contributed by atoms with Gasteiger partial charge < -0.3 is 11.5 Å². The molecule has 4 nitrogen and oxygen atoms in total. The molecule has 0 aromatic carbocycles. The lowest BCUT2D eigenvalue weighted by Gasteiger charge is -1.80. The number of halogens is 1. The highest BCUT2D eigenvalue weighted by molar-refractivity contribution is 6.24. The lowest BCUT2D eigenvalue weighted by Crippen LogP contribution is -2.21. The highest BCUT2D eigenvalue weighted by atomic mass is 35.5. The smallest absolute Gasteiger partial charge is 0.211 e. The first-order valence-corrected chi connectivity index (χ1v) is 2.47. The second-order valence-electron chi connectivity index (χ2n) is 0.977. The molecular weight excluding hydrogens is 128 g/mol. The summed E-state index contributed by atoms with van der Waals surface area (Å²) in [6.07, 6.45) is 1.39. The summed E-state index contributed by atoms with van der Waals surface area (Å²) in [4.78, 5) is 0. The van der Waals surface area contributed by atoms with Crippen molar-refractivity contribution in [1.82, 2.24) is 0 Å². The van der Waals surface area contributed by atoms with E-state index in [-0.39, 0.29) is 5.96 Å². The topological polar surface area (TPSA) is 76.8 Å². The van der Waals surface area contributed by atoms with Gasteiger partial charge in [-0.2, -0.15) is 5.10 Å². The van der Waals surface area contributed by atoms with Gasteiger partial charge in [0.1, 0.15) is 0 Å². The molecule has 8 heavy (non-hydrogen) atoms. The summed E-state index contributed by atoms with van der Waals surface area (Å²) in [5.74, 6) is 0.253. The first-order valence-electron chi connectivity index (χ1n) is 1.93. The maximum Gasteiger partial charge on any atom is 0.211 e. The Morgan fingerprint density at radius 3 is 2.62 bits per heavy atom. The molecule has 0 aromatic rings. The van der Waals surface area contributed by atoms with Crippen LogP contribution in [0.4, 0.5) is 0 Å². The predicted octanol–water partition coefficient (Wildman–Crippen LogP) is -0.516. The zero-order chi connectivity index (χ0) is 6.41. The first kappa shape index (κ1) is 7.23.